The fourth-order valence-corrected chi connectivity index (χ4v) is 1.78. The normalized spacial score (nSPS) is 15.0. The second kappa shape index (κ2) is 5.17. The first-order chi connectivity index (χ1) is 6.97. The van der Waals surface area contributed by atoms with Crippen LogP contribution in [0.25, 0.3) is 0 Å². The summed E-state index contributed by atoms with van der Waals surface area (Å²) in [5, 5.41) is 11.2. The summed E-state index contributed by atoms with van der Waals surface area (Å²) in [6.45, 7) is 4.27. The second-order valence-corrected chi connectivity index (χ2v) is 4.38. The van der Waals surface area contributed by atoms with Gasteiger partial charge in [0.2, 0.25) is 0 Å². The summed E-state index contributed by atoms with van der Waals surface area (Å²) >= 11 is 11.8. The maximum atomic E-state index is 10.2. The average molecular weight is 249 g/mol. The second-order valence-electron chi connectivity index (χ2n) is 3.54. The van der Waals surface area contributed by atoms with E-state index in [1.165, 1.54) is 0 Å². The number of ether oxygens (including phenoxy) is 1. The van der Waals surface area contributed by atoms with E-state index in [4.69, 9.17) is 27.9 Å². The van der Waals surface area contributed by atoms with Gasteiger partial charge in [0.25, 0.3) is 0 Å². The summed E-state index contributed by atoms with van der Waals surface area (Å²) < 4.78 is 5.20. The molecule has 0 aliphatic carbocycles. The third kappa shape index (κ3) is 3.35. The van der Waals surface area contributed by atoms with Gasteiger partial charge in [0.05, 0.1) is 6.61 Å². The quantitative estimate of drug-likeness (QED) is 0.887. The molecule has 0 saturated carbocycles. The van der Waals surface area contributed by atoms with Crippen molar-refractivity contribution in [1.29, 1.82) is 0 Å². The van der Waals surface area contributed by atoms with E-state index >= 15 is 0 Å². The van der Waals surface area contributed by atoms with Gasteiger partial charge in [-0.15, -0.1) is 0 Å². The van der Waals surface area contributed by atoms with Crippen LogP contribution in [0.2, 0.25) is 10.0 Å². The Morgan fingerprint density at radius 1 is 1.40 bits per heavy atom. The highest BCUT2D eigenvalue weighted by molar-refractivity contribution is 6.33. The molecular weight excluding hydrogens is 235 g/mol. The largest absolute Gasteiger partial charge is 0.383 e. The Morgan fingerprint density at radius 3 is 2.67 bits per heavy atom. The fraction of sp³-hybridized carbons (Fsp3) is 0.455. The van der Waals surface area contributed by atoms with Crippen molar-refractivity contribution >= 4 is 23.2 Å². The van der Waals surface area contributed by atoms with E-state index in [0.29, 0.717) is 22.2 Å². The smallest absolute Gasteiger partial charge is 0.112 e. The van der Waals surface area contributed by atoms with Gasteiger partial charge in [-0.3, -0.25) is 0 Å². The van der Waals surface area contributed by atoms with Crippen LogP contribution in [-0.2, 0) is 10.3 Å². The molecular formula is C11H14Cl2O2. The highest BCUT2D eigenvalue weighted by Crippen LogP contribution is 2.30. The monoisotopic (exact) mass is 248 g/mol. The maximum absolute atomic E-state index is 10.2. The van der Waals surface area contributed by atoms with E-state index in [1.807, 2.05) is 6.92 Å². The Balaban J connectivity index is 2.97. The van der Waals surface area contributed by atoms with Crippen LogP contribution in [0.5, 0.6) is 0 Å². The summed E-state index contributed by atoms with van der Waals surface area (Å²) in [4.78, 5) is 0. The molecule has 1 aromatic carbocycles. The zero-order valence-electron chi connectivity index (χ0n) is 8.76. The van der Waals surface area contributed by atoms with Crippen molar-refractivity contribution < 1.29 is 9.84 Å². The predicted molar refractivity (Wildman–Crippen MR) is 62.5 cm³/mol. The molecule has 1 N–H and O–H groups in total. The van der Waals surface area contributed by atoms with Crippen LogP contribution in [0.1, 0.15) is 19.4 Å². The summed E-state index contributed by atoms with van der Waals surface area (Å²) in [5.74, 6) is 0. The molecule has 0 spiro atoms. The van der Waals surface area contributed by atoms with Gasteiger partial charge >= 0.3 is 0 Å². The first-order valence-electron chi connectivity index (χ1n) is 4.73. The van der Waals surface area contributed by atoms with Crippen LogP contribution in [-0.4, -0.2) is 18.3 Å². The Hall–Kier alpha value is -0.280. The number of aliphatic hydroxyl groups is 1. The van der Waals surface area contributed by atoms with Crippen molar-refractivity contribution in [2.45, 2.75) is 19.4 Å². The van der Waals surface area contributed by atoms with Crippen molar-refractivity contribution in [3.8, 4) is 0 Å². The van der Waals surface area contributed by atoms with Gasteiger partial charge < -0.3 is 9.84 Å². The lowest BCUT2D eigenvalue weighted by atomic mass is 9.97. The van der Waals surface area contributed by atoms with Crippen molar-refractivity contribution in [3.05, 3.63) is 33.8 Å². The van der Waals surface area contributed by atoms with Crippen molar-refractivity contribution in [2.75, 3.05) is 13.2 Å². The summed E-state index contributed by atoms with van der Waals surface area (Å²) in [6, 6.07) is 5.01. The van der Waals surface area contributed by atoms with Gasteiger partial charge in [0, 0.05) is 22.2 Å². The molecule has 0 bridgehead atoms. The summed E-state index contributed by atoms with van der Waals surface area (Å²) in [7, 11) is 0. The minimum atomic E-state index is -1.11. The molecule has 0 heterocycles. The third-order valence-electron chi connectivity index (χ3n) is 2.10. The van der Waals surface area contributed by atoms with Crippen LogP contribution < -0.4 is 0 Å². The van der Waals surface area contributed by atoms with Gasteiger partial charge in [-0.25, -0.2) is 0 Å². The molecule has 15 heavy (non-hydrogen) atoms. The zero-order chi connectivity index (χ0) is 11.5. The first kappa shape index (κ1) is 12.8. The van der Waals surface area contributed by atoms with E-state index in [2.05, 4.69) is 0 Å². The van der Waals surface area contributed by atoms with Gasteiger partial charge in [0.15, 0.2) is 0 Å². The number of benzene rings is 1. The van der Waals surface area contributed by atoms with Crippen LogP contribution in [0, 0.1) is 0 Å². The molecule has 0 aromatic heterocycles. The number of hydrogen-bond donors (Lipinski definition) is 1. The highest BCUT2D eigenvalue weighted by atomic mass is 35.5. The van der Waals surface area contributed by atoms with E-state index < -0.39 is 5.60 Å². The van der Waals surface area contributed by atoms with Gasteiger partial charge in [0.1, 0.15) is 5.60 Å². The predicted octanol–water partition coefficient (Wildman–Crippen LogP) is 3.24. The molecule has 1 aromatic rings. The standard InChI is InChI=1S/C11H14Cl2O2/c1-3-15-7-11(2,14)9-6-8(12)4-5-10(9)13/h4-6,14H,3,7H2,1-2H3. The van der Waals surface area contributed by atoms with Crippen molar-refractivity contribution in [1.82, 2.24) is 0 Å². The lowest BCUT2D eigenvalue weighted by Gasteiger charge is -2.24. The molecule has 0 saturated heterocycles. The van der Waals surface area contributed by atoms with E-state index in [0.717, 1.165) is 0 Å². The topological polar surface area (TPSA) is 29.5 Å². The zero-order valence-corrected chi connectivity index (χ0v) is 10.3. The summed E-state index contributed by atoms with van der Waals surface area (Å²) in [6.07, 6.45) is 0. The molecule has 1 atom stereocenters. The maximum Gasteiger partial charge on any atom is 0.112 e. The van der Waals surface area contributed by atoms with Crippen LogP contribution in [0.4, 0.5) is 0 Å². The molecule has 2 nitrogen and oxygen atoms in total. The lowest BCUT2D eigenvalue weighted by Crippen LogP contribution is -2.28. The van der Waals surface area contributed by atoms with Gasteiger partial charge in [-0.05, 0) is 32.0 Å². The Bertz CT molecular complexity index is 337. The van der Waals surface area contributed by atoms with Crippen molar-refractivity contribution in [3.63, 3.8) is 0 Å². The SMILES string of the molecule is CCOCC(C)(O)c1cc(Cl)ccc1Cl. The first-order valence-corrected chi connectivity index (χ1v) is 5.48. The molecule has 1 rings (SSSR count). The Labute approximate surface area is 99.8 Å². The van der Waals surface area contributed by atoms with E-state index in [-0.39, 0.29) is 6.61 Å². The lowest BCUT2D eigenvalue weighted by molar-refractivity contribution is -0.0342. The molecule has 0 aliphatic rings. The number of hydrogen-bond acceptors (Lipinski definition) is 2. The molecule has 0 radical (unpaired) electrons. The average Bonchev–Trinajstić information content (AvgIpc) is 2.18. The molecule has 0 amide bonds. The van der Waals surface area contributed by atoms with Crippen LogP contribution in [0.3, 0.4) is 0 Å². The number of rotatable bonds is 4. The minimum absolute atomic E-state index is 0.198. The Kier molecular flexibility index (Phi) is 4.41. The number of halogens is 2. The van der Waals surface area contributed by atoms with E-state index in [9.17, 15) is 5.11 Å². The minimum Gasteiger partial charge on any atom is -0.383 e. The highest BCUT2D eigenvalue weighted by Gasteiger charge is 2.26. The molecule has 0 fully saturated rings. The van der Waals surface area contributed by atoms with Crippen LogP contribution >= 0.6 is 23.2 Å². The van der Waals surface area contributed by atoms with Gasteiger partial charge in [-0.1, -0.05) is 23.2 Å². The van der Waals surface area contributed by atoms with Gasteiger partial charge in [-0.2, -0.15) is 0 Å². The molecule has 4 heteroatoms. The summed E-state index contributed by atoms with van der Waals surface area (Å²) in [5.41, 5.74) is -0.525. The molecule has 84 valence electrons. The Morgan fingerprint density at radius 2 is 2.07 bits per heavy atom. The fourth-order valence-electron chi connectivity index (χ4n) is 1.29. The molecule has 1 unspecified atom stereocenters. The van der Waals surface area contributed by atoms with Crippen LogP contribution in [0.15, 0.2) is 18.2 Å². The third-order valence-corrected chi connectivity index (χ3v) is 2.66. The molecule has 0 aliphatic heterocycles. The van der Waals surface area contributed by atoms with Crippen molar-refractivity contribution in [2.24, 2.45) is 0 Å². The van der Waals surface area contributed by atoms with E-state index in [1.54, 1.807) is 25.1 Å².